The van der Waals surface area contributed by atoms with Crippen molar-refractivity contribution in [3.05, 3.63) is 0 Å². The average Bonchev–Trinajstić information content (AvgIpc) is 2.06. The Balaban J connectivity index is 2.17. The Bertz CT molecular complexity index is 136. The zero-order valence-electron chi connectivity index (χ0n) is 9.98. The van der Waals surface area contributed by atoms with E-state index < -0.39 is 0 Å². The molecule has 0 amide bonds. The van der Waals surface area contributed by atoms with Crippen molar-refractivity contribution in [2.24, 2.45) is 0 Å². The van der Waals surface area contributed by atoms with Gasteiger partial charge >= 0.3 is 0 Å². The van der Waals surface area contributed by atoms with E-state index in [1.807, 2.05) is 0 Å². The van der Waals surface area contributed by atoms with Crippen LogP contribution in [-0.2, 0) is 0 Å². The first-order valence-electron chi connectivity index (χ1n) is 5.80. The molecule has 0 spiro atoms. The van der Waals surface area contributed by atoms with Crippen LogP contribution in [0.1, 0.15) is 27.7 Å². The minimum absolute atomic E-state index is 0.180. The molecule has 2 N–H and O–H groups in total. The van der Waals surface area contributed by atoms with Crippen molar-refractivity contribution in [3.8, 4) is 0 Å². The molecular weight excluding hydrogens is 204 g/mol. The van der Waals surface area contributed by atoms with Gasteiger partial charge in [-0.15, -0.1) is 0 Å². The van der Waals surface area contributed by atoms with Gasteiger partial charge in [0.05, 0.1) is 0 Å². The fourth-order valence-electron chi connectivity index (χ4n) is 1.96. The van der Waals surface area contributed by atoms with Crippen molar-refractivity contribution in [2.45, 2.75) is 64.0 Å². The van der Waals surface area contributed by atoms with E-state index >= 15 is 0 Å². The first-order valence-corrected chi connectivity index (χ1v) is 9.63. The van der Waals surface area contributed by atoms with Crippen LogP contribution >= 0.6 is 0 Å². The van der Waals surface area contributed by atoms with Gasteiger partial charge in [-0.2, -0.15) is 0 Å². The van der Waals surface area contributed by atoms with Crippen LogP contribution < -0.4 is 9.96 Å². The first-order chi connectivity index (χ1) is 6.58. The van der Waals surface area contributed by atoms with E-state index in [4.69, 9.17) is 0 Å². The van der Waals surface area contributed by atoms with E-state index in [9.17, 15) is 0 Å². The lowest BCUT2D eigenvalue weighted by Crippen LogP contribution is -2.47. The molecule has 0 atom stereocenters. The maximum Gasteiger partial charge on any atom is 0.133 e. The van der Waals surface area contributed by atoms with E-state index in [0.29, 0.717) is 12.1 Å². The lowest BCUT2D eigenvalue weighted by atomic mass is 10.4. The monoisotopic (exact) mass is 228 g/mol. The van der Waals surface area contributed by atoms with Crippen LogP contribution in [0.25, 0.3) is 0 Å². The highest BCUT2D eigenvalue weighted by Gasteiger charge is 2.24. The van der Waals surface area contributed by atoms with E-state index in [-0.39, 0.29) is 17.9 Å². The largest absolute Gasteiger partial charge is 0.336 e. The molecule has 1 fully saturated rings. The quantitative estimate of drug-likeness (QED) is 0.719. The van der Waals surface area contributed by atoms with Crippen molar-refractivity contribution in [1.82, 2.24) is 9.96 Å². The Labute approximate surface area is 92.2 Å². The van der Waals surface area contributed by atoms with Gasteiger partial charge in [0.1, 0.15) is 17.9 Å². The van der Waals surface area contributed by atoms with Crippen molar-refractivity contribution in [1.29, 1.82) is 0 Å². The Hall–Kier alpha value is 0.354. The number of rotatable bonds is 4. The van der Waals surface area contributed by atoms with Crippen LogP contribution in [0, 0.1) is 0 Å². The minimum Gasteiger partial charge on any atom is -0.336 e. The Kier molecular flexibility index (Phi) is 5.37. The van der Waals surface area contributed by atoms with E-state index in [1.165, 1.54) is 24.2 Å². The molecule has 0 saturated carbocycles. The molecule has 82 valence electrons. The standard InChI is InChI=1S/C10H24N2Si2/c1-9(2)11-13-5-7-14(8-6-13)12-10(3)4/h9-12H,5-8H2,1-4H3. The third-order valence-corrected chi connectivity index (χ3v) is 8.83. The molecule has 1 heterocycles. The van der Waals surface area contributed by atoms with Gasteiger partial charge in [-0.05, 0) is 36.3 Å². The molecule has 1 aliphatic heterocycles. The second-order valence-corrected chi connectivity index (χ2v) is 9.80. The second-order valence-electron chi connectivity index (χ2n) is 4.81. The van der Waals surface area contributed by atoms with Gasteiger partial charge < -0.3 is 9.96 Å². The summed E-state index contributed by atoms with van der Waals surface area (Å²) in [6, 6.07) is 7.31. The summed E-state index contributed by atoms with van der Waals surface area (Å²) in [5.41, 5.74) is 0. The van der Waals surface area contributed by atoms with Crippen LogP contribution in [0.3, 0.4) is 0 Å². The summed E-state index contributed by atoms with van der Waals surface area (Å²) >= 11 is 0. The van der Waals surface area contributed by atoms with Crippen LogP contribution in [0.4, 0.5) is 0 Å². The molecule has 2 radical (unpaired) electrons. The van der Waals surface area contributed by atoms with Gasteiger partial charge in [0.2, 0.25) is 0 Å². The molecule has 1 aliphatic rings. The highest BCUT2D eigenvalue weighted by atomic mass is 28.3. The fraction of sp³-hybridized carbons (Fsp3) is 1.00. The molecule has 0 aliphatic carbocycles. The van der Waals surface area contributed by atoms with Crippen molar-refractivity contribution in [2.75, 3.05) is 0 Å². The van der Waals surface area contributed by atoms with Gasteiger partial charge in [-0.1, -0.05) is 27.7 Å². The molecule has 0 aromatic rings. The number of hydrogen-bond donors (Lipinski definition) is 2. The molecule has 0 unspecified atom stereocenters. The minimum atomic E-state index is -0.180. The van der Waals surface area contributed by atoms with Crippen LogP contribution in [0.15, 0.2) is 0 Å². The van der Waals surface area contributed by atoms with E-state index in [2.05, 4.69) is 37.7 Å². The summed E-state index contributed by atoms with van der Waals surface area (Å²) in [6.07, 6.45) is 0. The fourth-order valence-corrected chi connectivity index (χ4v) is 9.50. The smallest absolute Gasteiger partial charge is 0.133 e. The molecule has 0 aromatic heterocycles. The van der Waals surface area contributed by atoms with Crippen molar-refractivity contribution < 1.29 is 0 Å². The van der Waals surface area contributed by atoms with Gasteiger partial charge in [0.15, 0.2) is 0 Å². The lowest BCUT2D eigenvalue weighted by molar-refractivity contribution is 0.719. The van der Waals surface area contributed by atoms with E-state index in [1.54, 1.807) is 0 Å². The molecule has 14 heavy (non-hydrogen) atoms. The normalized spacial score (nSPS) is 21.0. The third kappa shape index (κ3) is 4.73. The summed E-state index contributed by atoms with van der Waals surface area (Å²) in [7, 11) is -0.360. The van der Waals surface area contributed by atoms with Gasteiger partial charge in [-0.25, -0.2) is 0 Å². The SMILES string of the molecule is CC(C)N[Si]1CC[Si](NC(C)C)CC1. The zero-order valence-corrected chi connectivity index (χ0v) is 12.0. The second kappa shape index (κ2) is 6.05. The molecule has 1 saturated heterocycles. The Morgan fingerprint density at radius 2 is 1.00 bits per heavy atom. The van der Waals surface area contributed by atoms with Crippen molar-refractivity contribution in [3.63, 3.8) is 0 Å². The van der Waals surface area contributed by atoms with Gasteiger partial charge in [0, 0.05) is 0 Å². The first kappa shape index (κ1) is 12.4. The highest BCUT2D eigenvalue weighted by molar-refractivity contribution is 6.67. The summed E-state index contributed by atoms with van der Waals surface area (Å²) in [4.78, 5) is 7.49. The van der Waals surface area contributed by atoms with Gasteiger partial charge in [0.25, 0.3) is 0 Å². The topological polar surface area (TPSA) is 24.1 Å². The predicted octanol–water partition coefficient (Wildman–Crippen LogP) is 1.98. The maximum absolute atomic E-state index is 3.75. The number of nitrogens with one attached hydrogen (secondary N) is 2. The third-order valence-electron chi connectivity index (χ3n) is 2.44. The highest BCUT2D eigenvalue weighted by Crippen LogP contribution is 2.18. The van der Waals surface area contributed by atoms with E-state index in [0.717, 1.165) is 0 Å². The maximum atomic E-state index is 3.75. The van der Waals surface area contributed by atoms with Crippen LogP contribution in [-0.4, -0.2) is 30.0 Å². The molecule has 0 bridgehead atoms. The summed E-state index contributed by atoms with van der Waals surface area (Å²) < 4.78 is 0. The van der Waals surface area contributed by atoms with Crippen LogP contribution in [0.5, 0.6) is 0 Å². The summed E-state index contributed by atoms with van der Waals surface area (Å²) in [5, 5.41) is 0. The Morgan fingerprint density at radius 3 is 1.21 bits per heavy atom. The molecule has 2 nitrogen and oxygen atoms in total. The number of hydrogen-bond acceptors (Lipinski definition) is 2. The zero-order chi connectivity index (χ0) is 10.6. The summed E-state index contributed by atoms with van der Waals surface area (Å²) in [6.45, 7) is 9.07. The molecular formula is C10H24N2Si2. The van der Waals surface area contributed by atoms with Crippen LogP contribution in [0.2, 0.25) is 24.2 Å². The average molecular weight is 228 g/mol. The summed E-state index contributed by atoms with van der Waals surface area (Å²) in [5.74, 6) is 0. The lowest BCUT2D eigenvalue weighted by Gasteiger charge is -2.29. The molecule has 4 heteroatoms. The Morgan fingerprint density at radius 1 is 0.714 bits per heavy atom. The predicted molar refractivity (Wildman–Crippen MR) is 67.3 cm³/mol. The van der Waals surface area contributed by atoms with Gasteiger partial charge in [-0.3, -0.25) is 0 Å². The molecule has 1 rings (SSSR count). The molecule has 0 aromatic carbocycles. The van der Waals surface area contributed by atoms with Crippen molar-refractivity contribution >= 4 is 17.9 Å².